The number of nitrogens with zero attached hydrogens (tertiary/aromatic N) is 7. The van der Waals surface area contributed by atoms with Crippen molar-refractivity contribution in [2.45, 2.75) is 46.1 Å². The molecule has 1 N–H and O–H groups in total. The van der Waals surface area contributed by atoms with Gasteiger partial charge in [0.1, 0.15) is 17.3 Å². The number of hydrogen-bond acceptors (Lipinski definition) is 6. The Bertz CT molecular complexity index is 1050. The van der Waals surface area contributed by atoms with Crippen LogP contribution in [0.15, 0.2) is 42.6 Å². The van der Waals surface area contributed by atoms with Crippen LogP contribution in [-0.4, -0.2) is 40.4 Å². The molecule has 0 unspecified atom stereocenters. The first kappa shape index (κ1) is 18.9. The van der Waals surface area contributed by atoms with E-state index >= 15 is 0 Å². The van der Waals surface area contributed by atoms with Gasteiger partial charge in [-0.1, -0.05) is 50.1 Å². The average Bonchev–Trinajstić information content (AvgIpc) is 3.39. The van der Waals surface area contributed by atoms with Crippen molar-refractivity contribution in [2.75, 3.05) is 0 Å². The monoisotopic (exact) mass is 388 g/mol. The van der Waals surface area contributed by atoms with Crippen LogP contribution in [0.2, 0.25) is 0 Å². The maximum absolute atomic E-state index is 4.63. The van der Waals surface area contributed by atoms with Crippen molar-refractivity contribution in [3.8, 4) is 22.6 Å². The molecule has 3 aromatic heterocycles. The molecule has 148 valence electrons. The van der Waals surface area contributed by atoms with Gasteiger partial charge in [-0.3, -0.25) is 4.98 Å². The number of aromatic nitrogens is 8. The summed E-state index contributed by atoms with van der Waals surface area (Å²) in [6.45, 7) is 5.08. The lowest BCUT2D eigenvalue weighted by Crippen LogP contribution is -2.06. The molecule has 0 radical (unpaired) electrons. The van der Waals surface area contributed by atoms with Gasteiger partial charge in [-0.15, -0.1) is 10.2 Å². The van der Waals surface area contributed by atoms with E-state index in [2.05, 4.69) is 66.9 Å². The van der Waals surface area contributed by atoms with E-state index in [0.29, 0.717) is 11.5 Å². The van der Waals surface area contributed by atoms with E-state index in [1.165, 1.54) is 18.4 Å². The van der Waals surface area contributed by atoms with Crippen molar-refractivity contribution >= 4 is 0 Å². The quantitative estimate of drug-likeness (QED) is 0.463. The molecule has 1 aromatic carbocycles. The van der Waals surface area contributed by atoms with Crippen LogP contribution in [0.25, 0.3) is 22.6 Å². The summed E-state index contributed by atoms with van der Waals surface area (Å²) >= 11 is 0. The number of rotatable bonds is 8. The van der Waals surface area contributed by atoms with Gasteiger partial charge in [0.2, 0.25) is 5.82 Å². The van der Waals surface area contributed by atoms with Gasteiger partial charge in [-0.25, -0.2) is 9.67 Å². The van der Waals surface area contributed by atoms with Crippen molar-refractivity contribution < 1.29 is 0 Å². The van der Waals surface area contributed by atoms with Crippen molar-refractivity contribution in [1.82, 2.24) is 40.4 Å². The minimum Gasteiger partial charge on any atom is -0.252 e. The van der Waals surface area contributed by atoms with Crippen molar-refractivity contribution in [2.24, 2.45) is 0 Å². The third kappa shape index (κ3) is 4.37. The Morgan fingerprint density at radius 1 is 1.07 bits per heavy atom. The molecule has 0 bridgehead atoms. The minimum atomic E-state index is 0.486. The number of unbranched alkanes of at least 4 members (excludes halogenated alkanes) is 2. The molecule has 4 aromatic rings. The highest BCUT2D eigenvalue weighted by molar-refractivity contribution is 5.77. The van der Waals surface area contributed by atoms with Gasteiger partial charge in [0.25, 0.3) is 0 Å². The van der Waals surface area contributed by atoms with Crippen LogP contribution in [-0.2, 0) is 13.0 Å². The highest BCUT2D eigenvalue weighted by atomic mass is 15.5. The molecule has 0 spiro atoms. The molecule has 0 amide bonds. The molecule has 0 saturated carbocycles. The van der Waals surface area contributed by atoms with Crippen molar-refractivity contribution in [3.05, 3.63) is 59.8 Å². The van der Waals surface area contributed by atoms with E-state index in [1.54, 1.807) is 6.20 Å². The number of tetrazole rings is 1. The Kier molecular flexibility index (Phi) is 5.69. The maximum Gasteiger partial charge on any atom is 0.223 e. The minimum absolute atomic E-state index is 0.486. The lowest BCUT2D eigenvalue weighted by Gasteiger charge is -2.08. The smallest absolute Gasteiger partial charge is 0.223 e. The number of aromatic amines is 1. The van der Waals surface area contributed by atoms with Crippen molar-refractivity contribution in [1.29, 1.82) is 0 Å². The molecule has 8 heteroatoms. The molecule has 0 fully saturated rings. The van der Waals surface area contributed by atoms with E-state index in [-0.39, 0.29) is 0 Å². The molecule has 0 atom stereocenters. The SMILES string of the molecule is CCCCCn1nc(C)nc1Cc1ccc(-c2cccnc2-c2nn[nH]n2)cc1. The van der Waals surface area contributed by atoms with Gasteiger partial charge in [-0.05, 0) is 35.8 Å². The molecule has 4 rings (SSSR count). The molecule has 0 aliphatic carbocycles. The summed E-state index contributed by atoms with van der Waals surface area (Å²) < 4.78 is 2.05. The summed E-state index contributed by atoms with van der Waals surface area (Å²) in [7, 11) is 0. The van der Waals surface area contributed by atoms with Crippen LogP contribution in [0.1, 0.15) is 43.4 Å². The first-order valence-corrected chi connectivity index (χ1v) is 9.93. The topological polar surface area (TPSA) is 98.1 Å². The fourth-order valence-corrected chi connectivity index (χ4v) is 3.38. The lowest BCUT2D eigenvalue weighted by atomic mass is 10.0. The summed E-state index contributed by atoms with van der Waals surface area (Å²) in [5.41, 5.74) is 3.93. The molecular weight excluding hydrogens is 364 g/mol. The normalized spacial score (nSPS) is 11.1. The van der Waals surface area contributed by atoms with Gasteiger partial charge >= 0.3 is 0 Å². The lowest BCUT2D eigenvalue weighted by molar-refractivity contribution is 0.533. The summed E-state index contributed by atoms with van der Waals surface area (Å²) in [5.74, 6) is 2.33. The standard InChI is InChI=1S/C21H24N8/c1-3-4-5-13-29-19(23-15(2)26-29)14-16-8-10-17(11-9-16)18-7-6-12-22-20(18)21-24-27-28-25-21/h6-12H,3-5,13-14H2,1-2H3,(H,24,25,27,28). The van der Waals surface area contributed by atoms with Crippen LogP contribution in [0.3, 0.4) is 0 Å². The van der Waals surface area contributed by atoms with E-state index in [1.807, 2.05) is 23.7 Å². The zero-order chi connectivity index (χ0) is 20.1. The summed E-state index contributed by atoms with van der Waals surface area (Å²) in [5, 5.41) is 18.8. The van der Waals surface area contributed by atoms with Crippen LogP contribution >= 0.6 is 0 Å². The number of aryl methyl sites for hydroxylation is 2. The summed E-state index contributed by atoms with van der Waals surface area (Å²) in [6.07, 6.45) is 6.03. The fourth-order valence-electron chi connectivity index (χ4n) is 3.38. The molecule has 0 aliphatic heterocycles. The predicted octanol–water partition coefficient (Wildman–Crippen LogP) is 3.61. The van der Waals surface area contributed by atoms with Crippen LogP contribution in [0.4, 0.5) is 0 Å². The molecule has 3 heterocycles. The Labute approximate surface area is 169 Å². The van der Waals surface area contributed by atoms with Crippen LogP contribution < -0.4 is 0 Å². The maximum atomic E-state index is 4.63. The highest BCUT2D eigenvalue weighted by Crippen LogP contribution is 2.28. The number of hydrogen-bond donors (Lipinski definition) is 1. The number of H-pyrrole nitrogens is 1. The summed E-state index contributed by atoms with van der Waals surface area (Å²) in [6, 6.07) is 12.4. The molecule has 29 heavy (non-hydrogen) atoms. The molecule has 8 nitrogen and oxygen atoms in total. The predicted molar refractivity (Wildman–Crippen MR) is 110 cm³/mol. The zero-order valence-corrected chi connectivity index (χ0v) is 16.7. The third-order valence-corrected chi connectivity index (χ3v) is 4.82. The second-order valence-electron chi connectivity index (χ2n) is 7.01. The van der Waals surface area contributed by atoms with Gasteiger partial charge in [-0.2, -0.15) is 10.3 Å². The third-order valence-electron chi connectivity index (χ3n) is 4.82. The Hall–Kier alpha value is -3.42. The number of nitrogens with one attached hydrogen (secondary N) is 1. The Morgan fingerprint density at radius 2 is 1.93 bits per heavy atom. The molecule has 0 saturated heterocycles. The average molecular weight is 388 g/mol. The fraction of sp³-hybridized carbons (Fsp3) is 0.333. The van der Waals surface area contributed by atoms with Gasteiger partial charge in [0.05, 0.1) is 0 Å². The second kappa shape index (κ2) is 8.72. The van der Waals surface area contributed by atoms with Gasteiger partial charge < -0.3 is 0 Å². The Balaban J connectivity index is 1.54. The summed E-state index contributed by atoms with van der Waals surface area (Å²) in [4.78, 5) is 9.06. The molecule has 0 aliphatic rings. The van der Waals surface area contributed by atoms with E-state index in [9.17, 15) is 0 Å². The number of pyridine rings is 1. The first-order valence-electron chi connectivity index (χ1n) is 9.93. The molecular formula is C21H24N8. The van der Waals surface area contributed by atoms with Gasteiger partial charge in [0, 0.05) is 24.7 Å². The van der Waals surface area contributed by atoms with E-state index in [0.717, 1.165) is 42.2 Å². The second-order valence-corrected chi connectivity index (χ2v) is 7.01. The van der Waals surface area contributed by atoms with Crippen LogP contribution in [0, 0.1) is 6.92 Å². The Morgan fingerprint density at radius 3 is 2.69 bits per heavy atom. The van der Waals surface area contributed by atoms with Crippen molar-refractivity contribution in [3.63, 3.8) is 0 Å². The first-order chi connectivity index (χ1) is 14.2. The largest absolute Gasteiger partial charge is 0.252 e. The highest BCUT2D eigenvalue weighted by Gasteiger charge is 2.13. The van der Waals surface area contributed by atoms with Crippen LogP contribution in [0.5, 0.6) is 0 Å². The number of benzene rings is 1. The van der Waals surface area contributed by atoms with Gasteiger partial charge in [0.15, 0.2) is 0 Å². The zero-order valence-electron chi connectivity index (χ0n) is 16.7. The van der Waals surface area contributed by atoms with E-state index < -0.39 is 0 Å². The van der Waals surface area contributed by atoms with E-state index in [4.69, 9.17) is 0 Å².